The van der Waals surface area contributed by atoms with Gasteiger partial charge >= 0.3 is 0 Å². The molecular formula is C29H28Cl2N4O3S. The number of halogens is 2. The van der Waals surface area contributed by atoms with E-state index in [9.17, 15) is 13.2 Å². The molecule has 0 radical (unpaired) electrons. The predicted octanol–water partition coefficient (Wildman–Crippen LogP) is 6.36. The summed E-state index contributed by atoms with van der Waals surface area (Å²) in [6.07, 6.45) is 1.53. The van der Waals surface area contributed by atoms with Crippen LogP contribution in [0.1, 0.15) is 28.1 Å². The molecule has 39 heavy (non-hydrogen) atoms. The first kappa shape index (κ1) is 28.4. The molecule has 4 rings (SSSR count). The molecule has 0 aliphatic heterocycles. The summed E-state index contributed by atoms with van der Waals surface area (Å²) in [5, 5.41) is 5.03. The molecule has 3 aromatic carbocycles. The first-order valence-electron chi connectivity index (χ1n) is 12.1. The number of hydrogen-bond acceptors (Lipinski definition) is 4. The van der Waals surface area contributed by atoms with Crippen LogP contribution >= 0.6 is 23.2 Å². The third-order valence-electron chi connectivity index (χ3n) is 6.14. The molecule has 0 bridgehead atoms. The minimum Gasteiger partial charge on any atom is -0.318 e. The molecule has 0 aliphatic rings. The van der Waals surface area contributed by atoms with Crippen molar-refractivity contribution in [3.8, 4) is 5.69 Å². The summed E-state index contributed by atoms with van der Waals surface area (Å²) in [4.78, 5) is 13.0. The summed E-state index contributed by atoms with van der Waals surface area (Å²) in [5.41, 5.74) is 8.09. The third kappa shape index (κ3) is 6.36. The number of aryl methyl sites for hydroxylation is 3. The predicted molar refractivity (Wildman–Crippen MR) is 158 cm³/mol. The van der Waals surface area contributed by atoms with Gasteiger partial charge in [0.1, 0.15) is 6.54 Å². The van der Waals surface area contributed by atoms with Gasteiger partial charge < -0.3 is 4.57 Å². The zero-order chi connectivity index (χ0) is 28.3. The van der Waals surface area contributed by atoms with Crippen molar-refractivity contribution in [3.05, 3.63) is 111 Å². The SMILES string of the molecule is Cc1cc(C)cc(N(CC(=O)N/N=C/c2cc(C)n(-c3ccc(Cl)c(Cl)c3)c2C)S(=O)(=O)c2ccccc2)c1. The van der Waals surface area contributed by atoms with Crippen molar-refractivity contribution in [2.45, 2.75) is 32.6 Å². The number of nitrogens with zero attached hydrogens (tertiary/aromatic N) is 3. The highest BCUT2D eigenvalue weighted by Gasteiger charge is 2.27. The summed E-state index contributed by atoms with van der Waals surface area (Å²) in [6, 6.07) is 20.8. The largest absolute Gasteiger partial charge is 0.318 e. The zero-order valence-corrected chi connectivity index (χ0v) is 24.3. The van der Waals surface area contributed by atoms with Gasteiger partial charge in [-0.2, -0.15) is 5.10 Å². The topological polar surface area (TPSA) is 83.8 Å². The molecule has 10 heteroatoms. The van der Waals surface area contributed by atoms with Crippen molar-refractivity contribution >= 4 is 51.0 Å². The molecular weight excluding hydrogens is 555 g/mol. The maximum absolute atomic E-state index is 13.5. The molecule has 0 saturated heterocycles. The van der Waals surface area contributed by atoms with E-state index in [-0.39, 0.29) is 4.90 Å². The number of rotatable bonds is 8. The first-order valence-corrected chi connectivity index (χ1v) is 14.3. The Kier molecular flexibility index (Phi) is 8.49. The van der Waals surface area contributed by atoms with Crippen molar-refractivity contribution in [2.24, 2.45) is 5.10 Å². The van der Waals surface area contributed by atoms with Crippen molar-refractivity contribution in [2.75, 3.05) is 10.8 Å². The molecule has 0 fully saturated rings. The van der Waals surface area contributed by atoms with Gasteiger partial charge in [0.2, 0.25) is 0 Å². The maximum atomic E-state index is 13.5. The first-order chi connectivity index (χ1) is 18.5. The Hall–Kier alpha value is -3.59. The molecule has 0 saturated carbocycles. The second-order valence-corrected chi connectivity index (χ2v) is 11.9. The van der Waals surface area contributed by atoms with Crippen LogP contribution in [0.4, 0.5) is 5.69 Å². The third-order valence-corrected chi connectivity index (χ3v) is 8.66. The second kappa shape index (κ2) is 11.7. The summed E-state index contributed by atoms with van der Waals surface area (Å²) < 4.78 is 30.2. The quantitative estimate of drug-likeness (QED) is 0.194. The monoisotopic (exact) mass is 582 g/mol. The van der Waals surface area contributed by atoms with Gasteiger partial charge in [-0.05, 0) is 87.4 Å². The van der Waals surface area contributed by atoms with E-state index in [2.05, 4.69) is 10.5 Å². The van der Waals surface area contributed by atoms with Gasteiger partial charge in [-0.15, -0.1) is 0 Å². The van der Waals surface area contributed by atoms with Crippen molar-refractivity contribution < 1.29 is 13.2 Å². The summed E-state index contributed by atoms with van der Waals surface area (Å²) in [5.74, 6) is -0.580. The molecule has 4 aromatic rings. The molecule has 7 nitrogen and oxygen atoms in total. The summed E-state index contributed by atoms with van der Waals surface area (Å²) in [6.45, 7) is 7.18. The van der Waals surface area contributed by atoms with E-state index in [1.165, 1.54) is 18.3 Å². The minimum absolute atomic E-state index is 0.0928. The number of nitrogens with one attached hydrogen (secondary N) is 1. The lowest BCUT2D eigenvalue weighted by Crippen LogP contribution is -2.39. The molecule has 0 aliphatic carbocycles. The molecule has 1 N–H and O–H groups in total. The average Bonchev–Trinajstić information content (AvgIpc) is 3.16. The van der Waals surface area contributed by atoms with Crippen LogP contribution in [0.5, 0.6) is 0 Å². The van der Waals surface area contributed by atoms with Gasteiger partial charge in [-0.1, -0.05) is 47.5 Å². The van der Waals surface area contributed by atoms with Gasteiger partial charge in [0.15, 0.2) is 0 Å². The van der Waals surface area contributed by atoms with E-state index in [0.717, 1.165) is 38.1 Å². The Morgan fingerprint density at radius 2 is 1.59 bits per heavy atom. The van der Waals surface area contributed by atoms with Crippen LogP contribution in [0.15, 0.2) is 82.8 Å². The lowest BCUT2D eigenvalue weighted by Gasteiger charge is -2.24. The Morgan fingerprint density at radius 1 is 0.923 bits per heavy atom. The number of anilines is 1. The van der Waals surface area contributed by atoms with Crippen molar-refractivity contribution in [3.63, 3.8) is 0 Å². The molecule has 0 spiro atoms. The Labute approximate surface area is 238 Å². The highest BCUT2D eigenvalue weighted by Crippen LogP contribution is 2.28. The minimum atomic E-state index is -4.01. The fraction of sp³-hybridized carbons (Fsp3) is 0.172. The fourth-order valence-corrected chi connectivity index (χ4v) is 6.13. The second-order valence-electron chi connectivity index (χ2n) is 9.22. The van der Waals surface area contributed by atoms with Crippen LogP contribution in [-0.2, 0) is 14.8 Å². The summed E-state index contributed by atoms with van der Waals surface area (Å²) in [7, 11) is -4.01. The van der Waals surface area contributed by atoms with E-state index >= 15 is 0 Å². The fourth-order valence-electron chi connectivity index (χ4n) is 4.41. The van der Waals surface area contributed by atoms with E-state index in [1.807, 2.05) is 50.5 Å². The number of benzene rings is 3. The Bertz CT molecular complexity index is 1650. The van der Waals surface area contributed by atoms with Gasteiger partial charge in [-0.25, -0.2) is 13.8 Å². The number of carbonyl (C=O) groups is 1. The number of amides is 1. The van der Waals surface area contributed by atoms with Crippen LogP contribution in [-0.4, -0.2) is 31.7 Å². The van der Waals surface area contributed by atoms with Gasteiger partial charge in [0.05, 0.1) is 26.8 Å². The van der Waals surface area contributed by atoms with E-state index in [1.54, 1.807) is 42.5 Å². The molecule has 1 aromatic heterocycles. The molecule has 0 unspecified atom stereocenters. The Balaban J connectivity index is 1.57. The van der Waals surface area contributed by atoms with Gasteiger partial charge in [0.25, 0.3) is 15.9 Å². The van der Waals surface area contributed by atoms with E-state index < -0.39 is 22.5 Å². The van der Waals surface area contributed by atoms with Crippen LogP contribution in [0, 0.1) is 27.7 Å². The number of aromatic nitrogens is 1. The Morgan fingerprint density at radius 3 is 2.23 bits per heavy atom. The van der Waals surface area contributed by atoms with Crippen LogP contribution in [0.3, 0.4) is 0 Å². The molecule has 202 valence electrons. The average molecular weight is 584 g/mol. The number of carbonyl (C=O) groups excluding carboxylic acids is 1. The molecule has 0 atom stereocenters. The van der Waals surface area contributed by atoms with Crippen molar-refractivity contribution in [1.82, 2.24) is 9.99 Å². The lowest BCUT2D eigenvalue weighted by atomic mass is 10.1. The van der Waals surface area contributed by atoms with E-state index in [0.29, 0.717) is 15.7 Å². The van der Waals surface area contributed by atoms with Gasteiger partial charge in [0, 0.05) is 22.6 Å². The van der Waals surface area contributed by atoms with Crippen LogP contribution in [0.2, 0.25) is 10.0 Å². The van der Waals surface area contributed by atoms with Crippen LogP contribution in [0.25, 0.3) is 5.69 Å². The summed E-state index contributed by atoms with van der Waals surface area (Å²) >= 11 is 12.3. The lowest BCUT2D eigenvalue weighted by molar-refractivity contribution is -0.119. The maximum Gasteiger partial charge on any atom is 0.264 e. The van der Waals surface area contributed by atoms with E-state index in [4.69, 9.17) is 23.2 Å². The normalized spacial score (nSPS) is 11.6. The molecule has 1 heterocycles. The number of sulfonamides is 1. The van der Waals surface area contributed by atoms with Gasteiger partial charge in [-0.3, -0.25) is 9.10 Å². The highest BCUT2D eigenvalue weighted by molar-refractivity contribution is 7.92. The van der Waals surface area contributed by atoms with Crippen LogP contribution < -0.4 is 9.73 Å². The van der Waals surface area contributed by atoms with Crippen molar-refractivity contribution in [1.29, 1.82) is 0 Å². The zero-order valence-electron chi connectivity index (χ0n) is 21.9. The highest BCUT2D eigenvalue weighted by atomic mass is 35.5. The standard InChI is InChI=1S/C29H28Cl2N4O3S/c1-19-12-20(2)14-25(13-19)34(39(37,38)26-8-6-5-7-9-26)18-29(36)33-32-17-23-15-21(3)35(22(23)4)24-10-11-27(30)28(31)16-24/h5-17H,18H2,1-4H3,(H,33,36)/b32-17+. The number of hydrazone groups is 1. The smallest absolute Gasteiger partial charge is 0.264 e. The number of hydrogen-bond donors (Lipinski definition) is 1. The molecule has 1 amide bonds.